The molecule has 0 bridgehead atoms. The number of esters is 1. The summed E-state index contributed by atoms with van der Waals surface area (Å²) >= 11 is 0. The lowest BCUT2D eigenvalue weighted by atomic mass is 10.1. The lowest BCUT2D eigenvalue weighted by molar-refractivity contribution is -0.140. The molecule has 0 unspecified atom stereocenters. The van der Waals surface area contributed by atoms with E-state index in [-0.39, 0.29) is 6.61 Å². The Labute approximate surface area is 121 Å². The van der Waals surface area contributed by atoms with Crippen molar-refractivity contribution < 1.29 is 17.9 Å². The Morgan fingerprint density at radius 1 is 1.20 bits per heavy atom. The molecule has 20 heavy (non-hydrogen) atoms. The van der Waals surface area contributed by atoms with E-state index in [9.17, 15) is 13.2 Å². The van der Waals surface area contributed by atoms with Crippen molar-refractivity contribution in [3.8, 4) is 0 Å². The van der Waals surface area contributed by atoms with Crippen LogP contribution in [-0.2, 0) is 25.8 Å². The molecule has 0 saturated carbocycles. The van der Waals surface area contributed by atoms with Crippen molar-refractivity contribution in [2.24, 2.45) is 0 Å². The zero-order valence-corrected chi connectivity index (χ0v) is 13.2. The first-order valence-corrected chi connectivity index (χ1v) is 8.10. The van der Waals surface area contributed by atoms with Crippen molar-refractivity contribution in [2.75, 3.05) is 6.61 Å². The topological polar surface area (TPSA) is 60.4 Å². The number of carbonyl (C=O) groups excluding carboxylic acids is 1. The fourth-order valence-electron chi connectivity index (χ4n) is 1.85. The highest BCUT2D eigenvalue weighted by Crippen LogP contribution is 2.23. The van der Waals surface area contributed by atoms with Crippen LogP contribution in [0.2, 0.25) is 0 Å². The molecule has 0 aliphatic rings. The first-order valence-electron chi connectivity index (χ1n) is 6.55. The van der Waals surface area contributed by atoms with Crippen molar-refractivity contribution in [1.82, 2.24) is 0 Å². The van der Waals surface area contributed by atoms with Gasteiger partial charge in [0.25, 0.3) is 0 Å². The van der Waals surface area contributed by atoms with Crippen molar-refractivity contribution in [3.05, 3.63) is 35.9 Å². The summed E-state index contributed by atoms with van der Waals surface area (Å²) in [7, 11) is -3.41. The summed E-state index contributed by atoms with van der Waals surface area (Å²) in [6.07, 6.45) is 0.341. The lowest BCUT2D eigenvalue weighted by Crippen LogP contribution is -2.41. The van der Waals surface area contributed by atoms with Gasteiger partial charge in [0, 0.05) is 6.92 Å². The first-order chi connectivity index (χ1) is 9.14. The second-order valence-corrected chi connectivity index (χ2v) is 8.75. The molecule has 0 aromatic heterocycles. The van der Waals surface area contributed by atoms with Gasteiger partial charge < -0.3 is 4.74 Å². The summed E-state index contributed by atoms with van der Waals surface area (Å²) in [4.78, 5) is 11.0. The molecule has 1 atom stereocenters. The Kier molecular flexibility index (Phi) is 5.34. The molecule has 0 saturated heterocycles. The average molecular weight is 298 g/mol. The van der Waals surface area contributed by atoms with E-state index in [1.807, 2.05) is 30.3 Å². The molecule has 0 N–H and O–H groups in total. The lowest BCUT2D eigenvalue weighted by Gasteiger charge is -2.26. The van der Waals surface area contributed by atoms with Gasteiger partial charge in [-0.25, -0.2) is 8.42 Å². The zero-order chi connectivity index (χ0) is 15.4. The van der Waals surface area contributed by atoms with Gasteiger partial charge in [0.15, 0.2) is 9.84 Å². The van der Waals surface area contributed by atoms with Crippen LogP contribution >= 0.6 is 0 Å². The van der Waals surface area contributed by atoms with Crippen LogP contribution in [0.25, 0.3) is 0 Å². The van der Waals surface area contributed by atoms with E-state index in [0.29, 0.717) is 6.42 Å². The maximum atomic E-state index is 12.6. The van der Waals surface area contributed by atoms with Gasteiger partial charge in [-0.2, -0.15) is 0 Å². The molecule has 0 fully saturated rings. The second kappa shape index (κ2) is 6.39. The Bertz CT molecular complexity index is 541. The van der Waals surface area contributed by atoms with Crippen molar-refractivity contribution >= 4 is 15.8 Å². The van der Waals surface area contributed by atoms with Gasteiger partial charge in [-0.3, -0.25) is 4.79 Å². The predicted molar refractivity (Wildman–Crippen MR) is 79.2 cm³/mol. The minimum atomic E-state index is -3.41. The van der Waals surface area contributed by atoms with Gasteiger partial charge in [-0.05, 0) is 32.8 Å². The third-order valence-electron chi connectivity index (χ3n) is 3.07. The van der Waals surface area contributed by atoms with E-state index in [2.05, 4.69) is 0 Å². The maximum absolute atomic E-state index is 12.6. The van der Waals surface area contributed by atoms with Gasteiger partial charge in [-0.15, -0.1) is 0 Å². The third-order valence-corrected chi connectivity index (χ3v) is 5.96. The molecule has 1 aromatic rings. The van der Waals surface area contributed by atoms with Crippen LogP contribution in [0.15, 0.2) is 30.3 Å². The summed E-state index contributed by atoms with van der Waals surface area (Å²) in [5, 5.41) is -0.728. The molecule has 0 aliphatic heterocycles. The zero-order valence-electron chi connectivity index (χ0n) is 12.4. The molecule has 1 aromatic carbocycles. The molecule has 4 nitrogen and oxygen atoms in total. The average Bonchev–Trinajstić information content (AvgIpc) is 2.33. The first kappa shape index (κ1) is 16.7. The highest BCUT2D eigenvalue weighted by molar-refractivity contribution is 7.93. The second-order valence-electron chi connectivity index (χ2n) is 5.77. The molecule has 112 valence electrons. The molecule has 0 amide bonds. The van der Waals surface area contributed by atoms with Gasteiger partial charge in [0.1, 0.15) is 6.61 Å². The van der Waals surface area contributed by atoms with E-state index < -0.39 is 25.8 Å². The Balaban J connectivity index is 3.00. The largest absolute Gasteiger partial charge is 0.464 e. The number of benzene rings is 1. The maximum Gasteiger partial charge on any atom is 0.302 e. The molecular weight excluding hydrogens is 276 g/mol. The highest BCUT2D eigenvalue weighted by Gasteiger charge is 2.37. The van der Waals surface area contributed by atoms with Crippen molar-refractivity contribution in [3.63, 3.8) is 0 Å². The third kappa shape index (κ3) is 4.34. The monoisotopic (exact) mass is 298 g/mol. The molecule has 0 aliphatic carbocycles. The van der Waals surface area contributed by atoms with Crippen LogP contribution in [0, 0.1) is 0 Å². The summed E-state index contributed by atoms with van der Waals surface area (Å²) in [5.41, 5.74) is 0.914. The fourth-order valence-corrected chi connectivity index (χ4v) is 3.50. The van der Waals surface area contributed by atoms with Crippen LogP contribution in [0.3, 0.4) is 0 Å². The fraction of sp³-hybridized carbons (Fsp3) is 0.533. The molecule has 1 rings (SSSR count). The molecule has 0 radical (unpaired) electrons. The number of carbonyl (C=O) groups is 1. The summed E-state index contributed by atoms with van der Waals surface area (Å²) in [5.74, 6) is -0.466. The van der Waals surface area contributed by atoms with E-state index in [1.54, 1.807) is 20.8 Å². The Hall–Kier alpha value is -1.36. The van der Waals surface area contributed by atoms with E-state index in [4.69, 9.17) is 4.74 Å². The minimum Gasteiger partial charge on any atom is -0.464 e. The van der Waals surface area contributed by atoms with Gasteiger partial charge in [-0.1, -0.05) is 30.3 Å². The van der Waals surface area contributed by atoms with E-state index in [0.717, 1.165) is 5.56 Å². The summed E-state index contributed by atoms with van der Waals surface area (Å²) in [6.45, 7) is 6.16. The van der Waals surface area contributed by atoms with Crippen molar-refractivity contribution in [2.45, 2.75) is 44.1 Å². The molecule has 0 spiro atoms. The SMILES string of the molecule is CC(=O)OC[C@H](Cc1ccccc1)S(=O)(=O)C(C)(C)C. The highest BCUT2D eigenvalue weighted by atomic mass is 32.2. The molecular formula is C15H22O4S. The quantitative estimate of drug-likeness (QED) is 0.783. The van der Waals surface area contributed by atoms with Crippen LogP contribution in [-0.4, -0.2) is 31.0 Å². The minimum absolute atomic E-state index is 0.107. The van der Waals surface area contributed by atoms with Gasteiger partial charge in [0.2, 0.25) is 0 Å². The molecule has 0 heterocycles. The van der Waals surface area contributed by atoms with Crippen LogP contribution < -0.4 is 0 Å². The van der Waals surface area contributed by atoms with Gasteiger partial charge >= 0.3 is 5.97 Å². The van der Waals surface area contributed by atoms with Gasteiger partial charge in [0.05, 0.1) is 10.00 Å². The van der Waals surface area contributed by atoms with E-state index in [1.165, 1.54) is 6.92 Å². The number of sulfone groups is 1. The van der Waals surface area contributed by atoms with Crippen LogP contribution in [0.5, 0.6) is 0 Å². The standard InChI is InChI=1S/C15H22O4S/c1-12(16)19-11-14(20(17,18)15(2,3)4)10-13-8-6-5-7-9-13/h5-9,14H,10-11H2,1-4H3/t14-/m0/s1. The summed E-state index contributed by atoms with van der Waals surface area (Å²) < 4.78 is 29.2. The number of hydrogen-bond donors (Lipinski definition) is 0. The molecule has 5 heteroatoms. The van der Waals surface area contributed by atoms with E-state index >= 15 is 0 Å². The number of rotatable bonds is 5. The predicted octanol–water partition coefficient (Wildman–Crippen LogP) is 2.37. The number of hydrogen-bond acceptors (Lipinski definition) is 4. The van der Waals surface area contributed by atoms with Crippen LogP contribution in [0.1, 0.15) is 33.3 Å². The Morgan fingerprint density at radius 3 is 2.20 bits per heavy atom. The normalized spacial score (nSPS) is 13.8. The smallest absolute Gasteiger partial charge is 0.302 e. The van der Waals surface area contributed by atoms with Crippen LogP contribution in [0.4, 0.5) is 0 Å². The number of ether oxygens (including phenoxy) is 1. The Morgan fingerprint density at radius 2 is 1.75 bits per heavy atom. The van der Waals surface area contributed by atoms with Crippen molar-refractivity contribution in [1.29, 1.82) is 0 Å². The summed E-state index contributed by atoms with van der Waals surface area (Å²) in [6, 6.07) is 9.35.